The van der Waals surface area contributed by atoms with Crippen LogP contribution < -0.4 is 5.32 Å². The van der Waals surface area contributed by atoms with Crippen LogP contribution in [0.1, 0.15) is 29.0 Å². The van der Waals surface area contributed by atoms with Crippen LogP contribution in [0.3, 0.4) is 0 Å². The van der Waals surface area contributed by atoms with E-state index in [1.54, 1.807) is 0 Å². The molecule has 6 nitrogen and oxygen atoms in total. The highest BCUT2D eigenvalue weighted by atomic mass is 35.5. The fourth-order valence-electron chi connectivity index (χ4n) is 2.35. The molecule has 0 aromatic carbocycles. The third kappa shape index (κ3) is 4.00. The summed E-state index contributed by atoms with van der Waals surface area (Å²) in [5.74, 6) is -4.55. The van der Waals surface area contributed by atoms with Gasteiger partial charge in [-0.2, -0.15) is 0 Å². The van der Waals surface area contributed by atoms with Crippen LogP contribution in [-0.2, 0) is 14.3 Å². The highest BCUT2D eigenvalue weighted by Crippen LogP contribution is 2.41. The summed E-state index contributed by atoms with van der Waals surface area (Å²) in [6, 6.07) is 1.37. The summed E-state index contributed by atoms with van der Waals surface area (Å²) >= 11 is 12.0. The van der Waals surface area contributed by atoms with Crippen LogP contribution in [-0.4, -0.2) is 36.9 Å². The first-order valence-corrected chi connectivity index (χ1v) is 7.84. The lowest BCUT2D eigenvalue weighted by Crippen LogP contribution is -2.33. The number of amides is 1. The van der Waals surface area contributed by atoms with Gasteiger partial charge in [-0.05, 0) is 18.2 Å². The lowest BCUT2D eigenvalue weighted by molar-refractivity contribution is -0.114. The fourth-order valence-corrected chi connectivity index (χ4v) is 2.80. The second-order valence-electron chi connectivity index (χ2n) is 5.20. The molecule has 2 unspecified atom stereocenters. The first-order valence-electron chi connectivity index (χ1n) is 7.08. The number of hydrogen-bond acceptors (Lipinski definition) is 5. The lowest BCUT2D eigenvalue weighted by Gasteiger charge is -2.30. The number of nitrogens with zero attached hydrogens (tertiary/aromatic N) is 1. The minimum Gasteiger partial charge on any atom is -0.464 e. The van der Waals surface area contributed by atoms with Gasteiger partial charge in [-0.3, -0.25) is 4.79 Å². The van der Waals surface area contributed by atoms with E-state index in [-0.39, 0.29) is 27.1 Å². The topological polar surface area (TPSA) is 77.5 Å². The minimum atomic E-state index is -2.28. The number of aromatic nitrogens is 1. The Bertz CT molecular complexity index is 782. The molecule has 0 bridgehead atoms. The SMILES string of the molecule is COC(=O)c1nc(C2C=CC(Cl)=CC2(F)OC)cc(NC(C)=O)c1Cl. The number of pyridine rings is 1. The number of alkyl halides is 1. The molecule has 1 heterocycles. The molecule has 1 aromatic rings. The summed E-state index contributed by atoms with van der Waals surface area (Å²) in [6.45, 7) is 1.27. The molecular weight excluding hydrogens is 374 g/mol. The van der Waals surface area contributed by atoms with Crippen LogP contribution in [0.15, 0.2) is 29.3 Å². The normalized spacial score (nSPS) is 22.3. The van der Waals surface area contributed by atoms with Crippen molar-refractivity contribution in [1.82, 2.24) is 4.98 Å². The number of esters is 1. The van der Waals surface area contributed by atoms with Gasteiger partial charge in [0, 0.05) is 19.1 Å². The van der Waals surface area contributed by atoms with Gasteiger partial charge in [0.15, 0.2) is 5.69 Å². The van der Waals surface area contributed by atoms with E-state index in [2.05, 4.69) is 15.0 Å². The van der Waals surface area contributed by atoms with E-state index in [1.807, 2.05) is 0 Å². The zero-order valence-corrected chi connectivity index (χ0v) is 15.1. The lowest BCUT2D eigenvalue weighted by atomic mass is 9.91. The number of carbonyl (C=O) groups is 2. The smallest absolute Gasteiger partial charge is 0.358 e. The molecule has 2 atom stereocenters. The standard InChI is InChI=1S/C16H15Cl2FN2O4/c1-8(22)20-12-6-11(21-14(13(12)18)15(23)24-2)10-5-4-9(17)7-16(10,19)25-3/h4-7,10H,1-3H3,(H,20,21,22). The van der Waals surface area contributed by atoms with Gasteiger partial charge in [0.2, 0.25) is 11.8 Å². The van der Waals surface area contributed by atoms with Crippen LogP contribution in [0.25, 0.3) is 0 Å². The molecule has 0 saturated carbocycles. The minimum absolute atomic E-state index is 0.104. The molecule has 0 aliphatic heterocycles. The highest BCUT2D eigenvalue weighted by molar-refractivity contribution is 6.36. The number of ether oxygens (including phenoxy) is 2. The summed E-state index contributed by atoms with van der Waals surface area (Å²) in [6.07, 6.45) is 4.02. The van der Waals surface area contributed by atoms with Crippen LogP contribution >= 0.6 is 23.2 Å². The summed E-state index contributed by atoms with van der Waals surface area (Å²) in [5, 5.41) is 2.53. The van der Waals surface area contributed by atoms with Crippen molar-refractivity contribution < 1.29 is 23.5 Å². The monoisotopic (exact) mass is 388 g/mol. The fraction of sp³-hybridized carbons (Fsp3) is 0.312. The summed E-state index contributed by atoms with van der Waals surface area (Å²) in [7, 11) is 2.33. The molecule has 1 aliphatic carbocycles. The Balaban J connectivity index is 2.62. The zero-order valence-electron chi connectivity index (χ0n) is 13.6. The molecule has 1 aliphatic rings. The van der Waals surface area contributed by atoms with Crippen molar-refractivity contribution in [2.45, 2.75) is 18.7 Å². The number of carbonyl (C=O) groups excluding carboxylic acids is 2. The summed E-state index contributed by atoms with van der Waals surface area (Å²) in [5.41, 5.74) is -0.0421. The number of nitrogens with one attached hydrogen (secondary N) is 1. The van der Waals surface area contributed by atoms with Gasteiger partial charge < -0.3 is 14.8 Å². The van der Waals surface area contributed by atoms with Gasteiger partial charge in [-0.15, -0.1) is 0 Å². The number of methoxy groups -OCH3 is 2. The Morgan fingerprint density at radius 2 is 2.04 bits per heavy atom. The highest BCUT2D eigenvalue weighted by Gasteiger charge is 2.41. The molecule has 25 heavy (non-hydrogen) atoms. The first kappa shape index (κ1) is 19.4. The van der Waals surface area contributed by atoms with E-state index in [0.717, 1.165) is 13.2 Å². The molecule has 9 heteroatoms. The molecule has 134 valence electrons. The molecule has 0 radical (unpaired) electrons. The van der Waals surface area contributed by atoms with Gasteiger partial charge >= 0.3 is 5.97 Å². The van der Waals surface area contributed by atoms with Crippen LogP contribution in [0, 0.1) is 0 Å². The van der Waals surface area contributed by atoms with Crippen LogP contribution in [0.5, 0.6) is 0 Å². The average molecular weight is 389 g/mol. The van der Waals surface area contributed by atoms with Crippen molar-refractivity contribution in [3.8, 4) is 0 Å². The Labute approximate surface area is 153 Å². The quantitative estimate of drug-likeness (QED) is 0.797. The first-order chi connectivity index (χ1) is 11.7. The number of hydrogen-bond donors (Lipinski definition) is 1. The van der Waals surface area contributed by atoms with E-state index in [9.17, 15) is 9.59 Å². The number of anilines is 1. The molecule has 1 aromatic heterocycles. The Morgan fingerprint density at radius 1 is 1.36 bits per heavy atom. The number of allylic oxidation sites excluding steroid dienone is 2. The second-order valence-corrected chi connectivity index (χ2v) is 6.01. The predicted octanol–water partition coefficient (Wildman–Crippen LogP) is 3.57. The van der Waals surface area contributed by atoms with Crippen molar-refractivity contribution in [3.05, 3.63) is 45.7 Å². The maximum absolute atomic E-state index is 15.1. The van der Waals surface area contributed by atoms with Crippen molar-refractivity contribution in [2.24, 2.45) is 0 Å². The summed E-state index contributed by atoms with van der Waals surface area (Å²) < 4.78 is 24.7. The van der Waals surface area contributed by atoms with Crippen LogP contribution in [0.2, 0.25) is 5.02 Å². The van der Waals surface area contributed by atoms with E-state index in [0.29, 0.717) is 0 Å². The molecular formula is C16H15Cl2FN2O4. The van der Waals surface area contributed by atoms with Gasteiger partial charge in [0.25, 0.3) is 0 Å². The third-order valence-corrected chi connectivity index (χ3v) is 4.12. The van der Waals surface area contributed by atoms with E-state index in [4.69, 9.17) is 27.9 Å². The molecule has 2 rings (SSSR count). The van der Waals surface area contributed by atoms with E-state index in [1.165, 1.54) is 32.3 Å². The third-order valence-electron chi connectivity index (χ3n) is 3.51. The molecule has 1 N–H and O–H groups in total. The van der Waals surface area contributed by atoms with Gasteiger partial charge in [-0.25, -0.2) is 14.2 Å². The largest absolute Gasteiger partial charge is 0.464 e. The Morgan fingerprint density at radius 3 is 2.60 bits per heavy atom. The number of halogens is 3. The van der Waals surface area contributed by atoms with Crippen molar-refractivity contribution in [1.29, 1.82) is 0 Å². The molecule has 0 saturated heterocycles. The second kappa shape index (κ2) is 7.51. The Kier molecular flexibility index (Phi) is 5.82. The van der Waals surface area contributed by atoms with Crippen LogP contribution in [0.4, 0.5) is 10.1 Å². The number of rotatable bonds is 4. The molecule has 0 spiro atoms. The van der Waals surface area contributed by atoms with Gasteiger partial charge in [-0.1, -0.05) is 29.3 Å². The summed E-state index contributed by atoms with van der Waals surface area (Å²) in [4.78, 5) is 27.4. The Hall–Kier alpha value is -1.96. The van der Waals surface area contributed by atoms with E-state index >= 15 is 4.39 Å². The zero-order chi connectivity index (χ0) is 18.8. The average Bonchev–Trinajstić information content (AvgIpc) is 2.55. The van der Waals surface area contributed by atoms with Gasteiger partial charge in [0.1, 0.15) is 0 Å². The molecule has 0 fully saturated rings. The predicted molar refractivity (Wildman–Crippen MR) is 91.6 cm³/mol. The maximum Gasteiger partial charge on any atom is 0.358 e. The van der Waals surface area contributed by atoms with Crippen molar-refractivity contribution >= 4 is 40.8 Å². The van der Waals surface area contributed by atoms with Gasteiger partial charge in [0.05, 0.1) is 29.4 Å². The maximum atomic E-state index is 15.1. The van der Waals surface area contributed by atoms with Crippen molar-refractivity contribution in [2.75, 3.05) is 19.5 Å². The van der Waals surface area contributed by atoms with Crippen molar-refractivity contribution in [3.63, 3.8) is 0 Å². The van der Waals surface area contributed by atoms with E-state index < -0.39 is 23.6 Å². The molecule has 1 amide bonds.